The lowest BCUT2D eigenvalue weighted by atomic mass is 10.1. The van der Waals surface area contributed by atoms with Crippen LogP contribution in [0.2, 0.25) is 0 Å². The van der Waals surface area contributed by atoms with Crippen LogP contribution in [0.25, 0.3) is 0 Å². The van der Waals surface area contributed by atoms with Crippen LogP contribution in [-0.4, -0.2) is 44.2 Å². The van der Waals surface area contributed by atoms with Crippen LogP contribution in [0.5, 0.6) is 11.5 Å². The van der Waals surface area contributed by atoms with Crippen molar-refractivity contribution in [2.24, 2.45) is 0 Å². The molecule has 1 fully saturated rings. The van der Waals surface area contributed by atoms with E-state index in [9.17, 15) is 4.79 Å². The van der Waals surface area contributed by atoms with E-state index in [4.69, 9.17) is 9.47 Å². The van der Waals surface area contributed by atoms with Crippen molar-refractivity contribution in [3.63, 3.8) is 0 Å². The highest BCUT2D eigenvalue weighted by atomic mass is 16.5. The van der Waals surface area contributed by atoms with Crippen LogP contribution in [0.1, 0.15) is 18.1 Å². The summed E-state index contributed by atoms with van der Waals surface area (Å²) in [4.78, 5) is 17.0. The number of piperazine rings is 1. The molecule has 0 bridgehead atoms. The van der Waals surface area contributed by atoms with Crippen LogP contribution in [0.15, 0.2) is 42.5 Å². The predicted octanol–water partition coefficient (Wildman–Crippen LogP) is 3.25. The van der Waals surface area contributed by atoms with Crippen molar-refractivity contribution in [3.05, 3.63) is 53.6 Å². The maximum atomic E-state index is 12.9. The van der Waals surface area contributed by atoms with E-state index < -0.39 is 0 Å². The molecule has 2 aromatic rings. The third-order valence-electron chi connectivity index (χ3n) is 4.88. The van der Waals surface area contributed by atoms with E-state index in [0.29, 0.717) is 13.1 Å². The summed E-state index contributed by atoms with van der Waals surface area (Å²) in [5.74, 6) is 1.68. The van der Waals surface area contributed by atoms with Gasteiger partial charge in [0, 0.05) is 24.8 Å². The Morgan fingerprint density at radius 3 is 2.27 bits per heavy atom. The van der Waals surface area contributed by atoms with Gasteiger partial charge in [0.15, 0.2) is 0 Å². The van der Waals surface area contributed by atoms with E-state index in [-0.39, 0.29) is 11.9 Å². The summed E-state index contributed by atoms with van der Waals surface area (Å²) >= 11 is 0. The summed E-state index contributed by atoms with van der Waals surface area (Å²) in [6.07, 6.45) is 0. The summed E-state index contributed by atoms with van der Waals surface area (Å²) in [6.45, 7) is 5.92. The summed E-state index contributed by atoms with van der Waals surface area (Å²) in [5, 5.41) is 0. The van der Waals surface area contributed by atoms with E-state index in [0.717, 1.165) is 34.9 Å². The van der Waals surface area contributed by atoms with E-state index in [1.165, 1.54) is 0 Å². The topological polar surface area (TPSA) is 42.0 Å². The molecular weight excluding hydrogens is 328 g/mol. The summed E-state index contributed by atoms with van der Waals surface area (Å²) in [5.41, 5.74) is 3.09. The third kappa shape index (κ3) is 3.53. The first-order chi connectivity index (χ1) is 12.5. The minimum Gasteiger partial charge on any atom is -0.496 e. The Labute approximate surface area is 155 Å². The molecule has 1 amide bonds. The minimum atomic E-state index is 0.0954. The van der Waals surface area contributed by atoms with Gasteiger partial charge in [0.2, 0.25) is 5.91 Å². The van der Waals surface area contributed by atoms with Gasteiger partial charge in [0.1, 0.15) is 11.5 Å². The average molecular weight is 354 g/mol. The number of hydrogen-bond acceptors (Lipinski definition) is 4. The Bertz CT molecular complexity index is 768. The molecule has 5 nitrogen and oxygen atoms in total. The van der Waals surface area contributed by atoms with Crippen molar-refractivity contribution in [1.82, 2.24) is 4.90 Å². The number of benzene rings is 2. The molecule has 1 heterocycles. The molecule has 0 aromatic heterocycles. The van der Waals surface area contributed by atoms with E-state index in [1.54, 1.807) is 14.2 Å². The van der Waals surface area contributed by atoms with Gasteiger partial charge in [0.25, 0.3) is 0 Å². The van der Waals surface area contributed by atoms with Gasteiger partial charge in [-0.2, -0.15) is 0 Å². The second-order valence-corrected chi connectivity index (χ2v) is 6.71. The molecule has 1 aliphatic heterocycles. The van der Waals surface area contributed by atoms with Crippen molar-refractivity contribution in [3.8, 4) is 11.5 Å². The normalized spacial score (nSPS) is 18.1. The molecule has 0 spiro atoms. The monoisotopic (exact) mass is 354 g/mol. The smallest absolute Gasteiger partial charge is 0.241 e. The Morgan fingerprint density at radius 2 is 1.69 bits per heavy atom. The zero-order valence-electron chi connectivity index (χ0n) is 15.9. The lowest BCUT2D eigenvalue weighted by molar-refractivity contribution is -0.122. The molecule has 1 saturated heterocycles. The van der Waals surface area contributed by atoms with Gasteiger partial charge in [-0.05, 0) is 37.6 Å². The van der Waals surface area contributed by atoms with Gasteiger partial charge in [0.05, 0.1) is 26.3 Å². The number of hydrogen-bond donors (Lipinski definition) is 0. The van der Waals surface area contributed by atoms with E-state index in [1.807, 2.05) is 54.3 Å². The number of carbonyl (C=O) groups is 1. The van der Waals surface area contributed by atoms with E-state index >= 15 is 0 Å². The molecule has 0 saturated carbocycles. The second-order valence-electron chi connectivity index (χ2n) is 6.71. The number of methoxy groups -OCH3 is 2. The summed E-state index contributed by atoms with van der Waals surface area (Å²) in [6, 6.07) is 13.9. The van der Waals surface area contributed by atoms with Crippen molar-refractivity contribution in [2.45, 2.75) is 26.4 Å². The van der Waals surface area contributed by atoms with Gasteiger partial charge in [-0.25, -0.2) is 0 Å². The largest absolute Gasteiger partial charge is 0.496 e. The zero-order chi connectivity index (χ0) is 18.7. The number of carbonyl (C=O) groups excluding carboxylic acids is 1. The highest BCUT2D eigenvalue weighted by Gasteiger charge is 2.32. The molecule has 138 valence electrons. The van der Waals surface area contributed by atoms with Crippen LogP contribution >= 0.6 is 0 Å². The maximum Gasteiger partial charge on any atom is 0.241 e. The van der Waals surface area contributed by atoms with Crippen molar-refractivity contribution < 1.29 is 14.3 Å². The standard InChI is InChI=1S/C21H26N2O3/c1-15-8-5-6-9-18(15)23-16(2)12-22(14-21(23)24)13-17-19(25-3)10-7-11-20(17)26-4/h5-11,16H,12-14H2,1-4H3/t16-/m0/s1. The number of amides is 1. The van der Waals surface area contributed by atoms with Crippen LogP contribution in [0, 0.1) is 6.92 Å². The molecule has 0 N–H and O–H groups in total. The van der Waals surface area contributed by atoms with Crippen LogP contribution in [-0.2, 0) is 11.3 Å². The predicted molar refractivity (Wildman–Crippen MR) is 103 cm³/mol. The molecule has 26 heavy (non-hydrogen) atoms. The summed E-state index contributed by atoms with van der Waals surface area (Å²) < 4.78 is 11.0. The molecule has 0 radical (unpaired) electrons. The molecule has 1 atom stereocenters. The Balaban J connectivity index is 1.81. The van der Waals surface area contributed by atoms with Gasteiger partial charge in [-0.1, -0.05) is 24.3 Å². The fourth-order valence-electron chi connectivity index (χ4n) is 3.67. The Morgan fingerprint density at radius 1 is 1.04 bits per heavy atom. The molecule has 0 unspecified atom stereocenters. The number of anilines is 1. The van der Waals surface area contributed by atoms with Gasteiger partial charge >= 0.3 is 0 Å². The van der Waals surface area contributed by atoms with Gasteiger partial charge < -0.3 is 14.4 Å². The lowest BCUT2D eigenvalue weighted by Gasteiger charge is -2.40. The fraction of sp³-hybridized carbons (Fsp3) is 0.381. The third-order valence-corrected chi connectivity index (χ3v) is 4.88. The molecule has 5 heteroatoms. The first-order valence-corrected chi connectivity index (χ1v) is 8.85. The summed E-state index contributed by atoms with van der Waals surface area (Å²) in [7, 11) is 3.31. The van der Waals surface area contributed by atoms with Gasteiger partial charge in [-0.15, -0.1) is 0 Å². The highest BCUT2D eigenvalue weighted by Crippen LogP contribution is 2.31. The molecule has 2 aromatic carbocycles. The zero-order valence-corrected chi connectivity index (χ0v) is 15.9. The lowest BCUT2D eigenvalue weighted by Crippen LogP contribution is -2.55. The Hall–Kier alpha value is -2.53. The van der Waals surface area contributed by atoms with Crippen molar-refractivity contribution >= 4 is 11.6 Å². The van der Waals surface area contributed by atoms with Gasteiger partial charge in [-0.3, -0.25) is 9.69 Å². The van der Waals surface area contributed by atoms with Crippen LogP contribution in [0.3, 0.4) is 0 Å². The molecule has 3 rings (SSSR count). The minimum absolute atomic E-state index is 0.0954. The number of nitrogens with zero attached hydrogens (tertiary/aromatic N) is 2. The molecular formula is C21H26N2O3. The number of para-hydroxylation sites is 1. The maximum absolute atomic E-state index is 12.9. The quantitative estimate of drug-likeness (QED) is 0.827. The van der Waals surface area contributed by atoms with Crippen molar-refractivity contribution in [1.29, 1.82) is 0 Å². The second kappa shape index (κ2) is 7.79. The fourth-order valence-corrected chi connectivity index (χ4v) is 3.67. The average Bonchev–Trinajstić information content (AvgIpc) is 2.63. The first-order valence-electron chi connectivity index (χ1n) is 8.85. The first kappa shape index (κ1) is 18.3. The number of ether oxygens (including phenoxy) is 2. The van der Waals surface area contributed by atoms with Crippen LogP contribution < -0.4 is 14.4 Å². The molecule has 1 aliphatic rings. The van der Waals surface area contributed by atoms with Crippen LogP contribution in [0.4, 0.5) is 5.69 Å². The Kier molecular flexibility index (Phi) is 5.47. The van der Waals surface area contributed by atoms with E-state index in [2.05, 4.69) is 11.8 Å². The number of aryl methyl sites for hydroxylation is 1. The highest BCUT2D eigenvalue weighted by molar-refractivity contribution is 5.96. The van der Waals surface area contributed by atoms with Crippen molar-refractivity contribution in [2.75, 3.05) is 32.2 Å². The SMILES string of the molecule is COc1cccc(OC)c1CN1CC(=O)N(c2ccccc2C)[C@@H](C)C1. The molecule has 0 aliphatic carbocycles. The number of rotatable bonds is 5.